The van der Waals surface area contributed by atoms with Gasteiger partial charge in [0.1, 0.15) is 10.8 Å². The number of nitrogens with one attached hydrogen (secondary N) is 1. The smallest absolute Gasteiger partial charge is 0.339 e. The molecule has 0 bridgehead atoms. The molecule has 0 aromatic carbocycles. The van der Waals surface area contributed by atoms with Gasteiger partial charge in [0.2, 0.25) is 5.91 Å². The first-order chi connectivity index (χ1) is 16.3. The summed E-state index contributed by atoms with van der Waals surface area (Å²) in [5.74, 6) is 0.119. The zero-order valence-corrected chi connectivity index (χ0v) is 20.6. The maximum Gasteiger partial charge on any atom is 0.339 e. The summed E-state index contributed by atoms with van der Waals surface area (Å²) in [5.41, 5.74) is 3.52. The van der Waals surface area contributed by atoms with E-state index in [0.29, 0.717) is 29.5 Å². The van der Waals surface area contributed by atoms with Crippen LogP contribution in [-0.2, 0) is 14.3 Å². The van der Waals surface area contributed by atoms with Crippen molar-refractivity contribution in [2.75, 3.05) is 18.5 Å². The van der Waals surface area contributed by atoms with Crippen LogP contribution in [0.5, 0.6) is 0 Å². The number of aromatic nitrogens is 3. The van der Waals surface area contributed by atoms with Crippen LogP contribution in [0.15, 0.2) is 36.1 Å². The van der Waals surface area contributed by atoms with Gasteiger partial charge in [-0.05, 0) is 45.7 Å². The monoisotopic (exact) mass is 480 g/mol. The second kappa shape index (κ2) is 9.99. The molecular formula is C25H28N4O4S. The van der Waals surface area contributed by atoms with Crippen molar-refractivity contribution < 1.29 is 19.1 Å². The average molecular weight is 481 g/mol. The minimum absolute atomic E-state index is 0.174. The molecule has 9 heteroatoms. The van der Waals surface area contributed by atoms with E-state index in [1.54, 1.807) is 36.7 Å². The Balaban J connectivity index is 1.75. The van der Waals surface area contributed by atoms with E-state index in [0.717, 1.165) is 34.7 Å². The highest BCUT2D eigenvalue weighted by Crippen LogP contribution is 2.40. The largest absolute Gasteiger partial charge is 0.462 e. The zero-order chi connectivity index (χ0) is 24.3. The number of carbonyl (C=O) groups excluding carboxylic acids is 2. The lowest BCUT2D eigenvalue weighted by molar-refractivity contribution is -0.114. The van der Waals surface area contributed by atoms with E-state index in [-0.39, 0.29) is 18.1 Å². The van der Waals surface area contributed by atoms with Gasteiger partial charge < -0.3 is 14.8 Å². The minimum Gasteiger partial charge on any atom is -0.462 e. The molecule has 1 N–H and O–H groups in total. The summed E-state index contributed by atoms with van der Waals surface area (Å²) in [5, 5.41) is 5.65. The van der Waals surface area contributed by atoms with Gasteiger partial charge in [-0.25, -0.2) is 14.8 Å². The fourth-order valence-electron chi connectivity index (χ4n) is 4.11. The third-order valence-corrected chi connectivity index (χ3v) is 6.53. The quantitative estimate of drug-likeness (QED) is 0.491. The lowest BCUT2D eigenvalue weighted by Crippen LogP contribution is -2.33. The molecule has 1 amide bonds. The van der Waals surface area contributed by atoms with Crippen LogP contribution >= 0.6 is 11.3 Å². The number of esters is 1. The molecule has 0 saturated carbocycles. The Morgan fingerprint density at radius 1 is 1.24 bits per heavy atom. The van der Waals surface area contributed by atoms with E-state index in [1.807, 2.05) is 6.07 Å². The van der Waals surface area contributed by atoms with Crippen LogP contribution in [0.1, 0.15) is 62.5 Å². The van der Waals surface area contributed by atoms with E-state index in [4.69, 9.17) is 14.5 Å². The number of thiazole rings is 1. The molecular weight excluding hydrogens is 452 g/mol. The molecule has 1 atom stereocenters. The third kappa shape index (κ3) is 5.48. The number of hydrogen-bond donors (Lipinski definition) is 1. The predicted octanol–water partition coefficient (Wildman–Crippen LogP) is 5.07. The first-order valence-electron chi connectivity index (χ1n) is 11.3. The van der Waals surface area contributed by atoms with Gasteiger partial charge in [0, 0.05) is 60.1 Å². The number of hydrogen-bond acceptors (Lipinski definition) is 8. The van der Waals surface area contributed by atoms with Crippen LogP contribution in [0.4, 0.5) is 5.82 Å². The van der Waals surface area contributed by atoms with Crippen molar-refractivity contribution in [1.82, 2.24) is 15.0 Å². The number of pyridine rings is 2. The molecule has 8 nitrogen and oxygen atoms in total. The lowest BCUT2D eigenvalue weighted by atomic mass is 9.87. The Hall–Kier alpha value is -3.17. The van der Waals surface area contributed by atoms with Gasteiger partial charge in [-0.15, -0.1) is 11.3 Å². The molecule has 1 aliphatic heterocycles. The summed E-state index contributed by atoms with van der Waals surface area (Å²) in [6.45, 7) is 8.41. The van der Waals surface area contributed by atoms with Crippen LogP contribution < -0.4 is 5.32 Å². The predicted molar refractivity (Wildman–Crippen MR) is 131 cm³/mol. The highest BCUT2D eigenvalue weighted by atomic mass is 32.1. The molecule has 0 radical (unpaired) electrons. The van der Waals surface area contributed by atoms with Crippen LogP contribution in [0.3, 0.4) is 0 Å². The molecule has 1 saturated heterocycles. The highest BCUT2D eigenvalue weighted by molar-refractivity contribution is 7.13. The van der Waals surface area contributed by atoms with Gasteiger partial charge >= 0.3 is 5.97 Å². The van der Waals surface area contributed by atoms with Crippen molar-refractivity contribution in [2.45, 2.75) is 52.1 Å². The van der Waals surface area contributed by atoms with E-state index in [1.165, 1.54) is 13.1 Å². The minimum atomic E-state index is -0.431. The maximum atomic E-state index is 12.2. The number of carbonyl (C=O) groups is 2. The fraction of sp³-hybridized carbons (Fsp3) is 0.400. The maximum absolute atomic E-state index is 12.2. The summed E-state index contributed by atoms with van der Waals surface area (Å²) < 4.78 is 11.0. The van der Waals surface area contributed by atoms with Crippen LogP contribution in [-0.4, -0.2) is 45.6 Å². The van der Waals surface area contributed by atoms with Crippen molar-refractivity contribution in [3.05, 3.63) is 47.4 Å². The number of rotatable bonds is 6. The molecule has 1 aliphatic rings. The Labute approximate surface area is 202 Å². The Morgan fingerprint density at radius 2 is 2.06 bits per heavy atom. The molecule has 4 heterocycles. The van der Waals surface area contributed by atoms with Crippen molar-refractivity contribution in [3.8, 4) is 21.7 Å². The molecule has 34 heavy (non-hydrogen) atoms. The molecule has 178 valence electrons. The summed E-state index contributed by atoms with van der Waals surface area (Å²) in [4.78, 5) is 37.5. The zero-order valence-electron chi connectivity index (χ0n) is 19.8. The Morgan fingerprint density at radius 3 is 2.79 bits per heavy atom. The molecule has 1 fully saturated rings. The molecule has 0 spiro atoms. The summed E-state index contributed by atoms with van der Waals surface area (Å²) >= 11 is 1.55. The van der Waals surface area contributed by atoms with Crippen molar-refractivity contribution >= 4 is 29.0 Å². The standard InChI is InChI=1S/C25H28N4O4S/c1-5-32-24(31)18-8-17(11-26-12-18)20-13-27-22(28-15(2)30)9-19(20)23-29-21(14-34-23)16-6-7-33-25(3,4)10-16/h8-9,11-14,16H,5-7,10H2,1-4H3,(H,27,28,30). The van der Waals surface area contributed by atoms with Gasteiger partial charge in [-0.1, -0.05) is 0 Å². The van der Waals surface area contributed by atoms with Gasteiger partial charge in [-0.2, -0.15) is 0 Å². The number of anilines is 1. The van der Waals surface area contributed by atoms with Gasteiger partial charge in [0.15, 0.2) is 0 Å². The SMILES string of the molecule is CCOC(=O)c1cncc(-c2cnc(NC(C)=O)cc2-c2nc(C3CCOC(C)(C)C3)cs2)c1. The summed E-state index contributed by atoms with van der Waals surface area (Å²) in [7, 11) is 0. The van der Waals surface area contributed by atoms with E-state index < -0.39 is 5.97 Å². The van der Waals surface area contributed by atoms with Crippen molar-refractivity contribution in [3.63, 3.8) is 0 Å². The van der Waals surface area contributed by atoms with E-state index in [2.05, 4.69) is 34.5 Å². The number of ether oxygens (including phenoxy) is 2. The number of nitrogens with zero attached hydrogens (tertiary/aromatic N) is 3. The van der Waals surface area contributed by atoms with Crippen LogP contribution in [0, 0.1) is 0 Å². The molecule has 4 rings (SSSR count). The molecule has 1 unspecified atom stereocenters. The Bertz CT molecular complexity index is 1210. The van der Waals surface area contributed by atoms with E-state index in [9.17, 15) is 9.59 Å². The summed E-state index contributed by atoms with van der Waals surface area (Å²) in [6, 6.07) is 3.55. The second-order valence-corrected chi connectivity index (χ2v) is 9.71. The first kappa shape index (κ1) is 24.0. The van der Waals surface area contributed by atoms with Crippen LogP contribution in [0.25, 0.3) is 21.7 Å². The molecule has 3 aromatic heterocycles. The first-order valence-corrected chi connectivity index (χ1v) is 12.1. The topological polar surface area (TPSA) is 103 Å². The number of amides is 1. The van der Waals surface area contributed by atoms with Gasteiger partial charge in [-0.3, -0.25) is 9.78 Å². The fourth-order valence-corrected chi connectivity index (χ4v) is 5.04. The summed E-state index contributed by atoms with van der Waals surface area (Å²) in [6.07, 6.45) is 6.66. The average Bonchev–Trinajstić information content (AvgIpc) is 3.29. The van der Waals surface area contributed by atoms with E-state index >= 15 is 0 Å². The van der Waals surface area contributed by atoms with Crippen molar-refractivity contribution in [1.29, 1.82) is 0 Å². The normalized spacial score (nSPS) is 17.2. The lowest BCUT2D eigenvalue weighted by Gasteiger charge is -2.34. The van der Waals surface area contributed by atoms with Gasteiger partial charge in [0.25, 0.3) is 0 Å². The third-order valence-electron chi connectivity index (χ3n) is 5.64. The van der Waals surface area contributed by atoms with Crippen LogP contribution in [0.2, 0.25) is 0 Å². The van der Waals surface area contributed by atoms with Gasteiger partial charge in [0.05, 0.1) is 23.5 Å². The van der Waals surface area contributed by atoms with Crippen molar-refractivity contribution in [2.24, 2.45) is 0 Å². The highest BCUT2D eigenvalue weighted by Gasteiger charge is 2.31. The Kier molecular flexibility index (Phi) is 7.04. The second-order valence-electron chi connectivity index (χ2n) is 8.85. The molecule has 0 aliphatic carbocycles. The molecule has 3 aromatic rings.